The summed E-state index contributed by atoms with van der Waals surface area (Å²) in [5.74, 6) is 0. The van der Waals surface area contributed by atoms with Crippen LogP contribution in [0.1, 0.15) is 6.42 Å². The molecule has 2 nitrogen and oxygen atoms in total. The molecule has 0 unspecified atom stereocenters. The minimum Gasteiger partial charge on any atom is -0.265 e. The molecule has 0 fully saturated rings. The number of fused-ring (bicyclic) bond motifs is 2. The minimum atomic E-state index is 0.195. The van der Waals surface area contributed by atoms with Crippen LogP contribution in [0.3, 0.4) is 0 Å². The molecule has 0 N–H and O–H groups in total. The van der Waals surface area contributed by atoms with Crippen LogP contribution in [0.4, 0.5) is 5.69 Å². The maximum atomic E-state index is 5.88. The maximum absolute atomic E-state index is 5.88. The van der Waals surface area contributed by atoms with Crippen LogP contribution in [0.2, 0.25) is 0 Å². The molecule has 2 bridgehead atoms. The molecule has 2 heterocycles. The predicted molar refractivity (Wildman–Crippen MR) is 60.5 cm³/mol. The summed E-state index contributed by atoms with van der Waals surface area (Å²) >= 11 is 0. The largest absolute Gasteiger partial charge is 0.265 e. The van der Waals surface area contributed by atoms with Crippen LogP contribution >= 0.6 is 0 Å². The minimum absolute atomic E-state index is 0.195. The smallest absolute Gasteiger partial charge is 0.107 e. The van der Waals surface area contributed by atoms with Gasteiger partial charge >= 0.3 is 0 Å². The highest BCUT2D eigenvalue weighted by molar-refractivity contribution is 5.48. The average Bonchev–Trinajstić information content (AvgIpc) is 2.65. The molecule has 1 aliphatic carbocycles. The summed E-state index contributed by atoms with van der Waals surface area (Å²) in [6.45, 7) is 0. The van der Waals surface area contributed by atoms with Crippen LogP contribution in [-0.2, 0) is 4.84 Å². The molecule has 15 heavy (non-hydrogen) atoms. The Labute approximate surface area is 89.4 Å². The summed E-state index contributed by atoms with van der Waals surface area (Å²) in [5.41, 5.74) is 1.11. The van der Waals surface area contributed by atoms with E-state index in [1.165, 1.54) is 0 Å². The molecule has 0 radical (unpaired) electrons. The highest BCUT2D eigenvalue weighted by Gasteiger charge is 2.25. The fourth-order valence-electron chi connectivity index (χ4n) is 1.99. The van der Waals surface area contributed by atoms with E-state index in [0.717, 1.165) is 12.1 Å². The van der Waals surface area contributed by atoms with Crippen molar-refractivity contribution in [3.63, 3.8) is 0 Å². The molecule has 0 saturated heterocycles. The fourth-order valence-corrected chi connectivity index (χ4v) is 1.99. The third-order valence-electron chi connectivity index (χ3n) is 2.76. The van der Waals surface area contributed by atoms with Gasteiger partial charge in [0.2, 0.25) is 0 Å². The van der Waals surface area contributed by atoms with Gasteiger partial charge in [0.05, 0.1) is 11.7 Å². The van der Waals surface area contributed by atoms with E-state index in [0.29, 0.717) is 0 Å². The van der Waals surface area contributed by atoms with Gasteiger partial charge in [-0.25, -0.2) is 5.06 Å². The van der Waals surface area contributed by atoms with E-state index in [9.17, 15) is 0 Å². The first kappa shape index (κ1) is 8.74. The first-order valence-corrected chi connectivity index (χ1v) is 5.29. The lowest BCUT2D eigenvalue weighted by Gasteiger charge is -2.33. The summed E-state index contributed by atoms with van der Waals surface area (Å²) in [7, 11) is 0. The normalized spacial score (nSPS) is 28.1. The van der Waals surface area contributed by atoms with Crippen molar-refractivity contribution in [3.8, 4) is 0 Å². The van der Waals surface area contributed by atoms with E-state index < -0.39 is 0 Å². The van der Waals surface area contributed by atoms with E-state index in [4.69, 9.17) is 4.84 Å². The highest BCUT2D eigenvalue weighted by Crippen LogP contribution is 2.27. The summed E-state index contributed by atoms with van der Waals surface area (Å²) in [6, 6.07) is 10.5. The Balaban J connectivity index is 1.95. The number of nitrogens with zero attached hydrogens (tertiary/aromatic N) is 1. The molecule has 76 valence electrons. The van der Waals surface area contributed by atoms with Crippen molar-refractivity contribution in [1.29, 1.82) is 0 Å². The van der Waals surface area contributed by atoms with Crippen LogP contribution in [0, 0.1) is 0 Å². The summed E-state index contributed by atoms with van der Waals surface area (Å²) in [5, 5.41) is 1.98. The second kappa shape index (κ2) is 3.55. The number of rotatable bonds is 1. The van der Waals surface area contributed by atoms with Crippen molar-refractivity contribution in [2.75, 3.05) is 5.06 Å². The van der Waals surface area contributed by atoms with Gasteiger partial charge in [0.25, 0.3) is 0 Å². The van der Waals surface area contributed by atoms with Crippen molar-refractivity contribution in [2.45, 2.75) is 18.6 Å². The fraction of sp³-hybridized carbons (Fsp3) is 0.231. The zero-order valence-corrected chi connectivity index (χ0v) is 8.41. The standard InChI is InChI=1S/C13H13NO/c1-2-5-11(6-3-1)14-12-7-4-8-13(15-14)10-9-12/h1-7,9-10,12-13H,8H2/t12-,13+/m1/s1. The second-order valence-corrected chi connectivity index (χ2v) is 3.84. The van der Waals surface area contributed by atoms with E-state index in [1.54, 1.807) is 0 Å². The number of para-hydroxylation sites is 1. The van der Waals surface area contributed by atoms with Crippen LogP contribution in [0.15, 0.2) is 54.6 Å². The van der Waals surface area contributed by atoms with Crippen LogP contribution < -0.4 is 5.06 Å². The monoisotopic (exact) mass is 199 g/mol. The van der Waals surface area contributed by atoms with Gasteiger partial charge in [-0.15, -0.1) is 0 Å². The van der Waals surface area contributed by atoms with Gasteiger partial charge in [-0.05, 0) is 18.6 Å². The average molecular weight is 199 g/mol. The molecule has 2 atom stereocenters. The number of anilines is 1. The van der Waals surface area contributed by atoms with Gasteiger partial charge in [0.15, 0.2) is 0 Å². The Hall–Kier alpha value is -1.54. The Morgan fingerprint density at radius 2 is 1.93 bits per heavy atom. The number of hydrogen-bond acceptors (Lipinski definition) is 2. The van der Waals surface area contributed by atoms with Crippen LogP contribution in [-0.4, -0.2) is 12.1 Å². The third kappa shape index (κ3) is 1.57. The Kier molecular flexibility index (Phi) is 2.07. The predicted octanol–water partition coefficient (Wildman–Crippen LogP) is 2.69. The van der Waals surface area contributed by atoms with Gasteiger partial charge < -0.3 is 0 Å². The lowest BCUT2D eigenvalue weighted by Crippen LogP contribution is -2.37. The number of benzene rings is 1. The summed E-state index contributed by atoms with van der Waals surface area (Å²) in [4.78, 5) is 5.88. The molecule has 0 amide bonds. The van der Waals surface area contributed by atoms with Crippen LogP contribution in [0.25, 0.3) is 0 Å². The van der Waals surface area contributed by atoms with Crippen molar-refractivity contribution in [2.24, 2.45) is 0 Å². The molecular formula is C13H13NO. The van der Waals surface area contributed by atoms with Crippen molar-refractivity contribution < 1.29 is 4.84 Å². The number of hydroxylamine groups is 1. The number of hydrogen-bond donors (Lipinski definition) is 0. The van der Waals surface area contributed by atoms with E-state index >= 15 is 0 Å². The van der Waals surface area contributed by atoms with Gasteiger partial charge in [0, 0.05) is 0 Å². The lowest BCUT2D eigenvalue weighted by atomic mass is 10.2. The summed E-state index contributed by atoms with van der Waals surface area (Å²) < 4.78 is 0. The zero-order valence-electron chi connectivity index (χ0n) is 8.41. The molecule has 1 aromatic rings. The van der Waals surface area contributed by atoms with E-state index in [2.05, 4.69) is 36.4 Å². The first-order chi connectivity index (χ1) is 7.43. The Morgan fingerprint density at radius 3 is 2.80 bits per heavy atom. The molecule has 2 aliphatic heterocycles. The molecule has 0 spiro atoms. The lowest BCUT2D eigenvalue weighted by molar-refractivity contribution is 0.0546. The van der Waals surface area contributed by atoms with Crippen molar-refractivity contribution in [1.82, 2.24) is 0 Å². The van der Waals surface area contributed by atoms with Gasteiger partial charge in [-0.1, -0.05) is 42.5 Å². The van der Waals surface area contributed by atoms with Crippen molar-refractivity contribution >= 4 is 5.69 Å². The first-order valence-electron chi connectivity index (χ1n) is 5.29. The highest BCUT2D eigenvalue weighted by atomic mass is 16.7. The quantitative estimate of drug-likeness (QED) is 0.645. The van der Waals surface area contributed by atoms with Gasteiger partial charge in [0.1, 0.15) is 6.10 Å². The van der Waals surface area contributed by atoms with E-state index in [-0.39, 0.29) is 12.1 Å². The SMILES string of the molecule is C1=C[C@@H]2C=C[C@H](C1)ON2c1ccccc1. The van der Waals surface area contributed by atoms with E-state index in [1.807, 2.05) is 23.3 Å². The summed E-state index contributed by atoms with van der Waals surface area (Å²) in [6.07, 6.45) is 9.89. The molecule has 1 aromatic carbocycles. The maximum Gasteiger partial charge on any atom is 0.107 e. The molecule has 4 rings (SSSR count). The molecule has 0 saturated carbocycles. The Bertz CT molecular complexity index is 396. The van der Waals surface area contributed by atoms with Gasteiger partial charge in [-0.3, -0.25) is 4.84 Å². The van der Waals surface area contributed by atoms with Crippen LogP contribution in [0.5, 0.6) is 0 Å². The molecular weight excluding hydrogens is 186 g/mol. The third-order valence-corrected chi connectivity index (χ3v) is 2.76. The molecule has 3 aliphatic rings. The van der Waals surface area contributed by atoms with Crippen molar-refractivity contribution in [3.05, 3.63) is 54.6 Å². The molecule has 0 aromatic heterocycles. The second-order valence-electron chi connectivity index (χ2n) is 3.84. The van der Waals surface area contributed by atoms with Gasteiger partial charge in [-0.2, -0.15) is 0 Å². The molecule has 2 heteroatoms. The Morgan fingerprint density at radius 1 is 1.07 bits per heavy atom. The topological polar surface area (TPSA) is 12.5 Å². The zero-order chi connectivity index (χ0) is 10.1.